The molecule has 0 saturated carbocycles. The first-order chi connectivity index (χ1) is 9.97. The van der Waals surface area contributed by atoms with Crippen molar-refractivity contribution >= 4 is 22.1 Å². The van der Waals surface area contributed by atoms with Gasteiger partial charge < -0.3 is 9.52 Å². The van der Waals surface area contributed by atoms with Crippen LogP contribution in [0.25, 0.3) is 6.08 Å². The van der Waals surface area contributed by atoms with Crippen molar-refractivity contribution in [3.8, 4) is 0 Å². The lowest BCUT2D eigenvalue weighted by atomic mass is 10.4. The Hall–Kier alpha value is -2.38. The van der Waals surface area contributed by atoms with E-state index in [1.165, 1.54) is 18.2 Å². The second kappa shape index (κ2) is 6.38. The molecule has 110 valence electrons. The number of carboxylic acids is 1. The highest BCUT2D eigenvalue weighted by Gasteiger charge is 2.13. The summed E-state index contributed by atoms with van der Waals surface area (Å²) in [4.78, 5) is 10.5. The van der Waals surface area contributed by atoms with E-state index in [1.54, 1.807) is 30.3 Å². The van der Waals surface area contributed by atoms with Gasteiger partial charge in [-0.15, -0.1) is 0 Å². The number of benzene rings is 1. The predicted octanol–water partition coefficient (Wildman–Crippen LogP) is 1.86. The number of hydrogen-bond donors (Lipinski definition) is 2. The van der Waals surface area contributed by atoms with E-state index in [0.29, 0.717) is 11.5 Å². The molecule has 0 spiro atoms. The van der Waals surface area contributed by atoms with Gasteiger partial charge in [0.1, 0.15) is 11.5 Å². The van der Waals surface area contributed by atoms with Gasteiger partial charge in [0.05, 0.1) is 11.4 Å². The molecule has 1 heterocycles. The first-order valence-electron chi connectivity index (χ1n) is 6.02. The molecule has 6 nitrogen and oxygen atoms in total. The molecule has 0 bridgehead atoms. The maximum atomic E-state index is 12.0. The molecule has 0 atom stereocenters. The largest absolute Gasteiger partial charge is 0.478 e. The van der Waals surface area contributed by atoms with Gasteiger partial charge >= 0.3 is 5.97 Å². The number of nitrogens with one attached hydrogen (secondary N) is 1. The van der Waals surface area contributed by atoms with Gasteiger partial charge in [0.25, 0.3) is 0 Å². The van der Waals surface area contributed by atoms with E-state index in [4.69, 9.17) is 9.52 Å². The number of carbonyl (C=O) groups is 1. The van der Waals surface area contributed by atoms with Crippen LogP contribution in [0.4, 0.5) is 0 Å². The molecule has 0 amide bonds. The summed E-state index contributed by atoms with van der Waals surface area (Å²) in [6.45, 7) is -0.0157. The molecule has 1 aromatic carbocycles. The van der Waals surface area contributed by atoms with Gasteiger partial charge in [-0.3, -0.25) is 0 Å². The molecule has 0 saturated heterocycles. The van der Waals surface area contributed by atoms with E-state index in [1.807, 2.05) is 0 Å². The average Bonchev–Trinajstić information content (AvgIpc) is 2.92. The van der Waals surface area contributed by atoms with Crippen LogP contribution in [0.1, 0.15) is 11.5 Å². The lowest BCUT2D eigenvalue weighted by molar-refractivity contribution is -0.131. The number of furan rings is 1. The molecule has 0 unspecified atom stereocenters. The maximum Gasteiger partial charge on any atom is 0.328 e. The van der Waals surface area contributed by atoms with Crippen molar-refractivity contribution in [2.75, 3.05) is 0 Å². The summed E-state index contributed by atoms with van der Waals surface area (Å²) in [5.74, 6) is -0.358. The first-order valence-corrected chi connectivity index (χ1v) is 7.50. The summed E-state index contributed by atoms with van der Waals surface area (Å²) in [5, 5.41) is 8.50. The van der Waals surface area contributed by atoms with Gasteiger partial charge in [-0.1, -0.05) is 18.2 Å². The molecule has 0 radical (unpaired) electrons. The fourth-order valence-electron chi connectivity index (χ4n) is 1.58. The molecule has 0 aliphatic heterocycles. The third kappa shape index (κ3) is 4.30. The van der Waals surface area contributed by atoms with E-state index in [2.05, 4.69) is 4.72 Å². The highest BCUT2D eigenvalue weighted by atomic mass is 32.2. The molecule has 1 aromatic heterocycles. The van der Waals surface area contributed by atoms with Gasteiger partial charge in [0, 0.05) is 6.08 Å². The van der Waals surface area contributed by atoms with Crippen LogP contribution >= 0.6 is 0 Å². The summed E-state index contributed by atoms with van der Waals surface area (Å²) in [6, 6.07) is 11.1. The Bertz CT molecular complexity index is 747. The van der Waals surface area contributed by atoms with Crippen LogP contribution in [0.15, 0.2) is 57.9 Å². The maximum absolute atomic E-state index is 12.0. The smallest absolute Gasteiger partial charge is 0.328 e. The number of rotatable bonds is 6. The van der Waals surface area contributed by atoms with Crippen LogP contribution in [-0.4, -0.2) is 19.5 Å². The molecular formula is C14H13NO5S. The Labute approximate surface area is 121 Å². The lowest BCUT2D eigenvalue weighted by Gasteiger charge is -2.04. The van der Waals surface area contributed by atoms with Crippen molar-refractivity contribution in [1.82, 2.24) is 4.72 Å². The highest BCUT2D eigenvalue weighted by Crippen LogP contribution is 2.12. The SMILES string of the molecule is O=C(O)C=Cc1ccc(CNS(=O)(=O)c2ccccc2)o1. The Balaban J connectivity index is 2.02. The van der Waals surface area contributed by atoms with Gasteiger partial charge in [-0.05, 0) is 30.3 Å². The minimum Gasteiger partial charge on any atom is -0.478 e. The van der Waals surface area contributed by atoms with Crippen LogP contribution in [0.3, 0.4) is 0 Å². The average molecular weight is 307 g/mol. The zero-order valence-corrected chi connectivity index (χ0v) is 11.7. The van der Waals surface area contributed by atoms with Gasteiger partial charge in [-0.25, -0.2) is 17.9 Å². The van der Waals surface area contributed by atoms with E-state index < -0.39 is 16.0 Å². The van der Waals surface area contributed by atoms with Crippen molar-refractivity contribution in [1.29, 1.82) is 0 Å². The van der Waals surface area contributed by atoms with Crippen LogP contribution < -0.4 is 4.72 Å². The van der Waals surface area contributed by atoms with Crippen LogP contribution in [0, 0.1) is 0 Å². The quantitative estimate of drug-likeness (QED) is 0.794. The van der Waals surface area contributed by atoms with E-state index >= 15 is 0 Å². The zero-order valence-electron chi connectivity index (χ0n) is 10.9. The fraction of sp³-hybridized carbons (Fsp3) is 0.0714. The number of carboxylic acid groups (broad SMARTS) is 1. The minimum atomic E-state index is -3.60. The van der Waals surface area contributed by atoms with Crippen LogP contribution in [0.2, 0.25) is 0 Å². The first kappa shape index (κ1) is 15.0. The van der Waals surface area contributed by atoms with Crippen LogP contribution in [-0.2, 0) is 21.4 Å². The third-order valence-corrected chi connectivity index (χ3v) is 3.98. The van der Waals surface area contributed by atoms with Crippen molar-refractivity contribution in [2.24, 2.45) is 0 Å². The minimum absolute atomic E-state index is 0.0157. The van der Waals surface area contributed by atoms with Gasteiger partial charge in [0.2, 0.25) is 10.0 Å². The highest BCUT2D eigenvalue weighted by molar-refractivity contribution is 7.89. The molecule has 0 fully saturated rings. The Kier molecular flexibility index (Phi) is 4.56. The normalized spacial score (nSPS) is 11.8. The number of sulfonamides is 1. The van der Waals surface area contributed by atoms with Crippen molar-refractivity contribution < 1.29 is 22.7 Å². The Morgan fingerprint density at radius 3 is 2.57 bits per heavy atom. The zero-order chi connectivity index (χ0) is 15.3. The Morgan fingerprint density at radius 1 is 1.19 bits per heavy atom. The van der Waals surface area contributed by atoms with E-state index in [-0.39, 0.29) is 11.4 Å². The third-order valence-electron chi connectivity index (χ3n) is 2.56. The molecule has 7 heteroatoms. The second-order valence-electron chi connectivity index (χ2n) is 4.11. The topological polar surface area (TPSA) is 96.6 Å². The summed E-state index contributed by atoms with van der Waals surface area (Å²) in [7, 11) is -3.60. The lowest BCUT2D eigenvalue weighted by Crippen LogP contribution is -2.22. The Morgan fingerprint density at radius 2 is 1.90 bits per heavy atom. The summed E-state index contributed by atoms with van der Waals surface area (Å²) in [5.41, 5.74) is 0. The summed E-state index contributed by atoms with van der Waals surface area (Å²) >= 11 is 0. The van der Waals surface area contributed by atoms with E-state index in [9.17, 15) is 13.2 Å². The molecule has 0 aliphatic carbocycles. The van der Waals surface area contributed by atoms with Gasteiger partial charge in [-0.2, -0.15) is 0 Å². The molecule has 2 rings (SSSR count). The second-order valence-corrected chi connectivity index (χ2v) is 5.88. The monoisotopic (exact) mass is 307 g/mol. The standard InChI is InChI=1S/C14H13NO5S/c16-14(17)9-8-11-6-7-12(20-11)10-15-21(18,19)13-4-2-1-3-5-13/h1-9,15H,10H2,(H,16,17). The van der Waals surface area contributed by atoms with Crippen molar-refractivity contribution in [3.63, 3.8) is 0 Å². The summed E-state index contributed by atoms with van der Waals surface area (Å²) in [6.07, 6.45) is 2.23. The predicted molar refractivity (Wildman–Crippen MR) is 75.8 cm³/mol. The summed E-state index contributed by atoms with van der Waals surface area (Å²) < 4.78 is 31.7. The molecule has 2 N–H and O–H groups in total. The number of aliphatic carboxylic acids is 1. The van der Waals surface area contributed by atoms with Crippen molar-refractivity contribution in [2.45, 2.75) is 11.4 Å². The van der Waals surface area contributed by atoms with Crippen LogP contribution in [0.5, 0.6) is 0 Å². The van der Waals surface area contributed by atoms with Gasteiger partial charge in [0.15, 0.2) is 0 Å². The fourth-order valence-corrected chi connectivity index (χ4v) is 2.60. The molecule has 0 aliphatic rings. The van der Waals surface area contributed by atoms with Crippen molar-refractivity contribution in [3.05, 3.63) is 60.1 Å². The molecule has 21 heavy (non-hydrogen) atoms. The number of hydrogen-bond acceptors (Lipinski definition) is 4. The molecular weight excluding hydrogens is 294 g/mol. The molecule has 2 aromatic rings. The van der Waals surface area contributed by atoms with E-state index in [0.717, 1.165) is 6.08 Å².